The zero-order valence-electron chi connectivity index (χ0n) is 14.7. The van der Waals surface area contributed by atoms with Gasteiger partial charge >= 0.3 is 0 Å². The van der Waals surface area contributed by atoms with Gasteiger partial charge in [-0.25, -0.2) is 0 Å². The molecule has 0 fully saturated rings. The van der Waals surface area contributed by atoms with Gasteiger partial charge in [-0.15, -0.1) is 0 Å². The molecular weight excluding hydrogens is 298 g/mol. The van der Waals surface area contributed by atoms with Crippen LogP contribution in [0, 0.1) is 13.8 Å². The SMILES string of the molecule is Cc1ccc(OCC(=O)N[C@@H](C)c2ccc3c(c2)CCC3)cc1C. The van der Waals surface area contributed by atoms with Gasteiger partial charge in [0.1, 0.15) is 5.75 Å². The molecule has 3 rings (SSSR count). The summed E-state index contributed by atoms with van der Waals surface area (Å²) in [4.78, 5) is 12.1. The van der Waals surface area contributed by atoms with Crippen molar-refractivity contribution in [2.45, 2.75) is 46.1 Å². The summed E-state index contributed by atoms with van der Waals surface area (Å²) in [7, 11) is 0. The minimum absolute atomic E-state index is 0.00764. The predicted molar refractivity (Wildman–Crippen MR) is 96.4 cm³/mol. The maximum atomic E-state index is 12.1. The number of carbonyl (C=O) groups is 1. The summed E-state index contributed by atoms with van der Waals surface area (Å²) in [6.45, 7) is 6.16. The normalized spacial score (nSPS) is 14.1. The van der Waals surface area contributed by atoms with E-state index in [4.69, 9.17) is 4.74 Å². The average molecular weight is 323 g/mol. The van der Waals surface area contributed by atoms with E-state index < -0.39 is 0 Å². The molecule has 1 atom stereocenters. The van der Waals surface area contributed by atoms with E-state index >= 15 is 0 Å². The molecule has 24 heavy (non-hydrogen) atoms. The van der Waals surface area contributed by atoms with Gasteiger partial charge in [0.25, 0.3) is 5.91 Å². The Labute approximate surface area is 144 Å². The Morgan fingerprint density at radius 2 is 1.88 bits per heavy atom. The molecule has 3 nitrogen and oxygen atoms in total. The monoisotopic (exact) mass is 323 g/mol. The second-order valence-electron chi connectivity index (χ2n) is 6.71. The number of ether oxygens (including phenoxy) is 1. The van der Waals surface area contributed by atoms with Gasteiger partial charge in [-0.2, -0.15) is 0 Å². The summed E-state index contributed by atoms with van der Waals surface area (Å²) >= 11 is 0. The van der Waals surface area contributed by atoms with Crippen LogP contribution < -0.4 is 10.1 Å². The van der Waals surface area contributed by atoms with E-state index in [1.807, 2.05) is 32.0 Å². The lowest BCUT2D eigenvalue weighted by Crippen LogP contribution is -2.31. The minimum atomic E-state index is -0.0961. The summed E-state index contributed by atoms with van der Waals surface area (Å²) in [5.74, 6) is 0.639. The van der Waals surface area contributed by atoms with Crippen molar-refractivity contribution in [1.29, 1.82) is 0 Å². The predicted octanol–water partition coefficient (Wildman–Crippen LogP) is 4.05. The van der Waals surface area contributed by atoms with Crippen molar-refractivity contribution in [3.63, 3.8) is 0 Å². The smallest absolute Gasteiger partial charge is 0.258 e. The summed E-state index contributed by atoms with van der Waals surface area (Å²) in [6, 6.07) is 12.4. The van der Waals surface area contributed by atoms with Crippen molar-refractivity contribution in [1.82, 2.24) is 5.32 Å². The zero-order chi connectivity index (χ0) is 17.1. The Morgan fingerprint density at radius 3 is 2.67 bits per heavy atom. The molecule has 0 bridgehead atoms. The Hall–Kier alpha value is -2.29. The maximum absolute atomic E-state index is 12.1. The van der Waals surface area contributed by atoms with Crippen LogP contribution in [0.1, 0.15) is 47.2 Å². The molecule has 0 unspecified atom stereocenters. The molecule has 1 aliphatic carbocycles. The molecular formula is C21H25NO2. The van der Waals surface area contributed by atoms with E-state index in [-0.39, 0.29) is 18.6 Å². The number of hydrogen-bond donors (Lipinski definition) is 1. The van der Waals surface area contributed by atoms with Gasteiger partial charge in [-0.1, -0.05) is 24.3 Å². The van der Waals surface area contributed by atoms with E-state index in [0.717, 1.165) is 17.7 Å². The molecule has 0 saturated heterocycles. The van der Waals surface area contributed by atoms with Crippen molar-refractivity contribution >= 4 is 5.91 Å². The van der Waals surface area contributed by atoms with Crippen LogP contribution in [0.25, 0.3) is 0 Å². The molecule has 0 aromatic heterocycles. The van der Waals surface area contributed by atoms with Crippen LogP contribution in [0.3, 0.4) is 0 Å². The Kier molecular flexibility index (Phi) is 4.89. The highest BCUT2D eigenvalue weighted by Crippen LogP contribution is 2.25. The van der Waals surface area contributed by atoms with Gasteiger partial charge in [0, 0.05) is 0 Å². The largest absolute Gasteiger partial charge is 0.484 e. The Morgan fingerprint density at radius 1 is 1.08 bits per heavy atom. The lowest BCUT2D eigenvalue weighted by Gasteiger charge is -2.16. The van der Waals surface area contributed by atoms with E-state index in [0.29, 0.717) is 0 Å². The number of benzene rings is 2. The fraction of sp³-hybridized carbons (Fsp3) is 0.381. The van der Waals surface area contributed by atoms with Crippen molar-refractivity contribution in [2.24, 2.45) is 0 Å². The highest BCUT2D eigenvalue weighted by Gasteiger charge is 2.15. The number of aryl methyl sites for hydroxylation is 4. The third-order valence-corrected chi connectivity index (χ3v) is 4.85. The lowest BCUT2D eigenvalue weighted by atomic mass is 10.0. The van der Waals surface area contributed by atoms with Crippen molar-refractivity contribution in [3.05, 3.63) is 64.2 Å². The maximum Gasteiger partial charge on any atom is 0.258 e. The molecule has 0 aliphatic heterocycles. The number of fused-ring (bicyclic) bond motifs is 1. The number of rotatable bonds is 5. The third-order valence-electron chi connectivity index (χ3n) is 4.85. The molecule has 0 radical (unpaired) electrons. The standard InChI is InChI=1S/C21H25NO2/c1-14-7-10-20(11-15(14)2)24-13-21(23)22-16(3)18-9-8-17-5-4-6-19(17)12-18/h7-12,16H,4-6,13H2,1-3H3,(H,22,23)/t16-/m0/s1. The van der Waals surface area contributed by atoms with E-state index in [1.54, 1.807) is 0 Å². The number of hydrogen-bond acceptors (Lipinski definition) is 2. The molecule has 3 heteroatoms. The first-order valence-corrected chi connectivity index (χ1v) is 8.64. The van der Waals surface area contributed by atoms with Gasteiger partial charge in [0.15, 0.2) is 6.61 Å². The van der Waals surface area contributed by atoms with E-state index in [1.165, 1.54) is 35.1 Å². The van der Waals surface area contributed by atoms with Crippen LogP contribution in [-0.4, -0.2) is 12.5 Å². The van der Waals surface area contributed by atoms with Crippen molar-refractivity contribution < 1.29 is 9.53 Å². The Bertz CT molecular complexity index is 751. The summed E-state index contributed by atoms with van der Waals surface area (Å²) in [5.41, 5.74) is 6.43. The first-order chi connectivity index (χ1) is 11.5. The fourth-order valence-electron chi connectivity index (χ4n) is 3.18. The first kappa shape index (κ1) is 16.6. The van der Waals surface area contributed by atoms with Crippen LogP contribution in [-0.2, 0) is 17.6 Å². The summed E-state index contributed by atoms with van der Waals surface area (Å²) in [6.07, 6.45) is 3.57. The second kappa shape index (κ2) is 7.08. The molecule has 0 heterocycles. The van der Waals surface area contributed by atoms with Gasteiger partial charge in [-0.3, -0.25) is 4.79 Å². The van der Waals surface area contributed by atoms with Crippen LogP contribution in [0.5, 0.6) is 5.75 Å². The molecule has 2 aromatic rings. The fourth-order valence-corrected chi connectivity index (χ4v) is 3.18. The van der Waals surface area contributed by atoms with Crippen LogP contribution in [0.15, 0.2) is 36.4 Å². The minimum Gasteiger partial charge on any atom is -0.484 e. The molecule has 1 N–H and O–H groups in total. The number of amides is 1. The zero-order valence-corrected chi connectivity index (χ0v) is 14.7. The quantitative estimate of drug-likeness (QED) is 0.901. The van der Waals surface area contributed by atoms with E-state index in [9.17, 15) is 4.79 Å². The third kappa shape index (κ3) is 3.78. The van der Waals surface area contributed by atoms with Crippen molar-refractivity contribution in [3.8, 4) is 5.75 Å². The molecule has 1 amide bonds. The van der Waals surface area contributed by atoms with Gasteiger partial charge < -0.3 is 10.1 Å². The number of nitrogens with one attached hydrogen (secondary N) is 1. The first-order valence-electron chi connectivity index (χ1n) is 8.64. The lowest BCUT2D eigenvalue weighted by molar-refractivity contribution is -0.123. The molecule has 126 valence electrons. The van der Waals surface area contributed by atoms with Crippen LogP contribution in [0.4, 0.5) is 0 Å². The highest BCUT2D eigenvalue weighted by molar-refractivity contribution is 5.78. The van der Waals surface area contributed by atoms with Gasteiger partial charge in [0.05, 0.1) is 6.04 Å². The van der Waals surface area contributed by atoms with Crippen LogP contribution in [0.2, 0.25) is 0 Å². The Balaban J connectivity index is 1.55. The van der Waals surface area contributed by atoms with Gasteiger partial charge in [0.2, 0.25) is 0 Å². The van der Waals surface area contributed by atoms with Gasteiger partial charge in [-0.05, 0) is 80.0 Å². The second-order valence-corrected chi connectivity index (χ2v) is 6.71. The molecule has 0 saturated carbocycles. The highest BCUT2D eigenvalue weighted by atomic mass is 16.5. The number of carbonyl (C=O) groups excluding carboxylic acids is 1. The summed E-state index contributed by atoms with van der Waals surface area (Å²) in [5, 5.41) is 3.02. The molecule has 2 aromatic carbocycles. The van der Waals surface area contributed by atoms with Crippen LogP contribution >= 0.6 is 0 Å². The average Bonchev–Trinajstić information content (AvgIpc) is 3.03. The molecule has 1 aliphatic rings. The molecule has 0 spiro atoms. The van der Waals surface area contributed by atoms with Crippen molar-refractivity contribution in [2.75, 3.05) is 6.61 Å². The topological polar surface area (TPSA) is 38.3 Å². The summed E-state index contributed by atoms with van der Waals surface area (Å²) < 4.78 is 5.60. The van der Waals surface area contributed by atoms with E-state index in [2.05, 4.69) is 30.4 Å².